The molecule has 1 amide bonds. The van der Waals surface area contributed by atoms with E-state index in [2.05, 4.69) is 74.6 Å². The molecular formula is C22H38N6O. The van der Waals surface area contributed by atoms with E-state index in [9.17, 15) is 4.79 Å². The van der Waals surface area contributed by atoms with Crippen LogP contribution in [0.4, 0.5) is 0 Å². The van der Waals surface area contributed by atoms with Crippen LogP contribution in [-0.4, -0.2) is 92.0 Å². The molecule has 1 saturated heterocycles. The summed E-state index contributed by atoms with van der Waals surface area (Å²) >= 11 is 0. The van der Waals surface area contributed by atoms with Crippen molar-refractivity contribution in [2.45, 2.75) is 39.4 Å². The van der Waals surface area contributed by atoms with Gasteiger partial charge in [0.1, 0.15) is 0 Å². The molecule has 7 heteroatoms. The summed E-state index contributed by atoms with van der Waals surface area (Å²) in [5.74, 6) is 1.04. The minimum Gasteiger partial charge on any atom is -0.355 e. The first kappa shape index (κ1) is 23.2. The summed E-state index contributed by atoms with van der Waals surface area (Å²) < 4.78 is 0. The first-order valence-electron chi connectivity index (χ1n) is 10.6. The molecule has 1 aliphatic heterocycles. The third kappa shape index (κ3) is 8.03. The van der Waals surface area contributed by atoms with Crippen molar-refractivity contribution in [2.24, 2.45) is 4.99 Å². The van der Waals surface area contributed by atoms with Crippen LogP contribution in [-0.2, 0) is 11.3 Å². The van der Waals surface area contributed by atoms with E-state index in [0.717, 1.165) is 45.2 Å². The number of hydrogen-bond donors (Lipinski definition) is 2. The predicted octanol–water partition coefficient (Wildman–Crippen LogP) is 1.22. The first-order valence-corrected chi connectivity index (χ1v) is 10.6. The second-order valence-corrected chi connectivity index (χ2v) is 8.16. The summed E-state index contributed by atoms with van der Waals surface area (Å²) in [6, 6.07) is 11.1. The number of carbonyl (C=O) groups is 1. The maximum Gasteiger partial charge on any atom is 0.234 e. The number of guanidine groups is 1. The smallest absolute Gasteiger partial charge is 0.234 e. The predicted molar refractivity (Wildman–Crippen MR) is 120 cm³/mol. The Morgan fingerprint density at radius 2 is 1.79 bits per heavy atom. The van der Waals surface area contributed by atoms with E-state index in [4.69, 9.17) is 0 Å². The molecule has 1 aromatic carbocycles. The fraction of sp³-hybridized carbons (Fsp3) is 0.636. The van der Waals surface area contributed by atoms with E-state index >= 15 is 0 Å². The van der Waals surface area contributed by atoms with Crippen LogP contribution >= 0.6 is 0 Å². The molecule has 0 saturated carbocycles. The lowest BCUT2D eigenvalue weighted by Crippen LogP contribution is -2.55. The third-order valence-electron chi connectivity index (χ3n) is 5.28. The van der Waals surface area contributed by atoms with Gasteiger partial charge in [-0.25, -0.2) is 0 Å². The van der Waals surface area contributed by atoms with Crippen molar-refractivity contribution in [3.8, 4) is 0 Å². The van der Waals surface area contributed by atoms with E-state index in [-0.39, 0.29) is 11.9 Å². The SMILES string of the molecule is CN=C(NCC(C)N(C)Cc1ccccc1)N1CCN(CC(=O)NC(C)C)CC1. The van der Waals surface area contributed by atoms with Crippen LogP contribution in [0.3, 0.4) is 0 Å². The zero-order chi connectivity index (χ0) is 21.2. The molecule has 0 spiro atoms. The Morgan fingerprint density at radius 1 is 1.14 bits per heavy atom. The maximum absolute atomic E-state index is 12.0. The second-order valence-electron chi connectivity index (χ2n) is 8.16. The fourth-order valence-electron chi connectivity index (χ4n) is 3.44. The highest BCUT2D eigenvalue weighted by Crippen LogP contribution is 2.06. The van der Waals surface area contributed by atoms with Gasteiger partial charge in [-0.05, 0) is 33.4 Å². The molecule has 1 aliphatic rings. The number of carbonyl (C=O) groups excluding carboxylic acids is 1. The van der Waals surface area contributed by atoms with Crippen LogP contribution in [0.2, 0.25) is 0 Å². The minimum absolute atomic E-state index is 0.103. The highest BCUT2D eigenvalue weighted by atomic mass is 16.2. The molecule has 0 bridgehead atoms. The Bertz CT molecular complexity index is 640. The number of piperazine rings is 1. The number of nitrogens with one attached hydrogen (secondary N) is 2. The van der Waals surface area contributed by atoms with Crippen molar-refractivity contribution >= 4 is 11.9 Å². The molecule has 0 radical (unpaired) electrons. The summed E-state index contributed by atoms with van der Waals surface area (Å²) in [5, 5.41) is 6.48. The van der Waals surface area contributed by atoms with Gasteiger partial charge in [0.15, 0.2) is 5.96 Å². The molecule has 2 rings (SSSR count). The quantitative estimate of drug-likeness (QED) is 0.506. The van der Waals surface area contributed by atoms with E-state index in [1.54, 1.807) is 0 Å². The Balaban J connectivity index is 1.74. The van der Waals surface area contributed by atoms with Crippen molar-refractivity contribution in [1.82, 2.24) is 25.3 Å². The number of likely N-dealkylation sites (N-methyl/N-ethyl adjacent to an activating group) is 1. The van der Waals surface area contributed by atoms with E-state index in [0.29, 0.717) is 12.6 Å². The van der Waals surface area contributed by atoms with Gasteiger partial charge in [-0.15, -0.1) is 0 Å². The van der Waals surface area contributed by atoms with Gasteiger partial charge in [0.2, 0.25) is 5.91 Å². The van der Waals surface area contributed by atoms with E-state index < -0.39 is 0 Å². The molecule has 0 aliphatic carbocycles. The number of nitrogens with zero attached hydrogens (tertiary/aromatic N) is 4. The molecule has 1 atom stereocenters. The van der Waals surface area contributed by atoms with Crippen molar-refractivity contribution < 1.29 is 4.79 Å². The van der Waals surface area contributed by atoms with Gasteiger partial charge >= 0.3 is 0 Å². The zero-order valence-corrected chi connectivity index (χ0v) is 18.7. The molecule has 162 valence electrons. The lowest BCUT2D eigenvalue weighted by molar-refractivity contribution is -0.123. The van der Waals surface area contributed by atoms with Crippen LogP contribution in [0, 0.1) is 0 Å². The summed E-state index contributed by atoms with van der Waals surface area (Å²) in [4.78, 5) is 23.3. The second kappa shape index (κ2) is 11.8. The average Bonchev–Trinajstić information content (AvgIpc) is 2.69. The van der Waals surface area contributed by atoms with Crippen molar-refractivity contribution in [3.63, 3.8) is 0 Å². The fourth-order valence-corrected chi connectivity index (χ4v) is 3.44. The minimum atomic E-state index is 0.103. The van der Waals surface area contributed by atoms with Gasteiger partial charge in [0, 0.05) is 58.4 Å². The first-order chi connectivity index (χ1) is 13.9. The van der Waals surface area contributed by atoms with Crippen LogP contribution in [0.5, 0.6) is 0 Å². The largest absolute Gasteiger partial charge is 0.355 e. The van der Waals surface area contributed by atoms with Gasteiger partial charge in [-0.1, -0.05) is 30.3 Å². The molecule has 1 heterocycles. The Morgan fingerprint density at radius 3 is 2.38 bits per heavy atom. The molecule has 29 heavy (non-hydrogen) atoms. The van der Waals surface area contributed by atoms with Gasteiger partial charge in [0.05, 0.1) is 6.54 Å². The standard InChI is InChI=1S/C22H38N6O/c1-18(2)25-21(29)17-27-11-13-28(14-12-27)22(23-4)24-15-19(3)26(5)16-20-9-7-6-8-10-20/h6-10,18-19H,11-17H2,1-5H3,(H,23,24)(H,25,29). The lowest BCUT2D eigenvalue weighted by atomic mass is 10.2. The molecule has 1 unspecified atom stereocenters. The number of amides is 1. The molecule has 7 nitrogen and oxygen atoms in total. The van der Waals surface area contributed by atoms with Crippen molar-refractivity contribution in [1.29, 1.82) is 0 Å². The Kier molecular flexibility index (Phi) is 9.41. The molecular weight excluding hydrogens is 364 g/mol. The number of benzene rings is 1. The van der Waals surface area contributed by atoms with Crippen molar-refractivity contribution in [2.75, 3.05) is 53.4 Å². The molecule has 2 N–H and O–H groups in total. The van der Waals surface area contributed by atoms with Gasteiger partial charge in [-0.3, -0.25) is 19.6 Å². The summed E-state index contributed by atoms with van der Waals surface area (Å²) in [6.07, 6.45) is 0. The van der Waals surface area contributed by atoms with E-state index in [1.807, 2.05) is 20.9 Å². The van der Waals surface area contributed by atoms with Crippen LogP contribution < -0.4 is 10.6 Å². The number of aliphatic imine (C=N–C) groups is 1. The lowest BCUT2D eigenvalue weighted by Gasteiger charge is -2.37. The maximum atomic E-state index is 12.0. The Labute approximate surface area is 176 Å². The zero-order valence-electron chi connectivity index (χ0n) is 18.7. The van der Waals surface area contributed by atoms with Gasteiger partial charge < -0.3 is 15.5 Å². The van der Waals surface area contributed by atoms with Crippen LogP contribution in [0.15, 0.2) is 35.3 Å². The molecule has 1 aromatic rings. The third-order valence-corrected chi connectivity index (χ3v) is 5.28. The number of hydrogen-bond acceptors (Lipinski definition) is 4. The summed E-state index contributed by atoms with van der Waals surface area (Å²) in [5.41, 5.74) is 1.32. The highest BCUT2D eigenvalue weighted by Gasteiger charge is 2.22. The summed E-state index contributed by atoms with van der Waals surface area (Å²) in [6.45, 7) is 11.9. The average molecular weight is 403 g/mol. The normalized spacial score (nSPS) is 16.9. The van der Waals surface area contributed by atoms with E-state index in [1.165, 1.54) is 5.56 Å². The van der Waals surface area contributed by atoms with Crippen molar-refractivity contribution in [3.05, 3.63) is 35.9 Å². The number of rotatable bonds is 8. The van der Waals surface area contributed by atoms with Crippen LogP contribution in [0.25, 0.3) is 0 Å². The topological polar surface area (TPSA) is 63.2 Å². The highest BCUT2D eigenvalue weighted by molar-refractivity contribution is 5.80. The van der Waals surface area contributed by atoms with Gasteiger partial charge in [-0.2, -0.15) is 0 Å². The Hall–Kier alpha value is -2.12. The van der Waals surface area contributed by atoms with Crippen LogP contribution in [0.1, 0.15) is 26.3 Å². The van der Waals surface area contributed by atoms with Gasteiger partial charge in [0.25, 0.3) is 0 Å². The molecule has 0 aromatic heterocycles. The monoisotopic (exact) mass is 402 g/mol. The summed E-state index contributed by atoms with van der Waals surface area (Å²) in [7, 11) is 3.99. The molecule has 1 fully saturated rings.